The molecule has 0 aromatic rings. The van der Waals surface area contributed by atoms with Gasteiger partial charge in [-0.2, -0.15) is 0 Å². The first-order valence-electron chi connectivity index (χ1n) is 3.95. The van der Waals surface area contributed by atoms with E-state index in [9.17, 15) is 4.79 Å². The highest BCUT2D eigenvalue weighted by atomic mass is 16.3. The average Bonchev–Trinajstić information content (AvgIpc) is 2.34. The Balaban J connectivity index is 2.49. The molecule has 1 unspecified atom stereocenters. The van der Waals surface area contributed by atoms with Crippen LogP contribution in [0.25, 0.3) is 0 Å². The summed E-state index contributed by atoms with van der Waals surface area (Å²) in [6.07, 6.45) is 0.943. The predicted molar refractivity (Wildman–Crippen MR) is 41.3 cm³/mol. The molecule has 0 aliphatic carbocycles. The van der Waals surface area contributed by atoms with Gasteiger partial charge in [-0.05, 0) is 6.42 Å². The number of carbonyl (C=O) groups is 1. The summed E-state index contributed by atoms with van der Waals surface area (Å²) in [6, 6.07) is 0.223. The molecule has 1 heterocycles. The summed E-state index contributed by atoms with van der Waals surface area (Å²) >= 11 is 0. The number of rotatable bonds is 3. The molecule has 1 aliphatic rings. The van der Waals surface area contributed by atoms with Gasteiger partial charge in [-0.15, -0.1) is 0 Å². The highest BCUT2D eigenvalue weighted by Gasteiger charge is 2.27. The van der Waals surface area contributed by atoms with Crippen molar-refractivity contribution in [2.24, 2.45) is 0 Å². The number of aliphatic hydroxyl groups is 1. The van der Waals surface area contributed by atoms with Crippen molar-refractivity contribution in [1.82, 2.24) is 10.2 Å². The molecule has 2 N–H and O–H groups in total. The maximum Gasteiger partial charge on any atom is 0.317 e. The monoisotopic (exact) mass is 158 g/mol. The van der Waals surface area contributed by atoms with Crippen molar-refractivity contribution >= 4 is 6.03 Å². The Morgan fingerprint density at radius 1 is 1.82 bits per heavy atom. The molecule has 2 amide bonds. The Hall–Kier alpha value is -0.770. The van der Waals surface area contributed by atoms with Crippen LogP contribution in [0.3, 0.4) is 0 Å². The minimum Gasteiger partial charge on any atom is -0.395 e. The first-order chi connectivity index (χ1) is 5.29. The lowest BCUT2D eigenvalue weighted by Gasteiger charge is -2.20. The van der Waals surface area contributed by atoms with Crippen molar-refractivity contribution in [1.29, 1.82) is 0 Å². The van der Waals surface area contributed by atoms with Crippen molar-refractivity contribution < 1.29 is 9.90 Å². The van der Waals surface area contributed by atoms with Gasteiger partial charge in [0, 0.05) is 13.1 Å². The maximum atomic E-state index is 11.0. The molecule has 0 spiro atoms. The van der Waals surface area contributed by atoms with E-state index < -0.39 is 0 Å². The number of hydrogen-bond acceptors (Lipinski definition) is 2. The third-order valence-electron chi connectivity index (χ3n) is 2.00. The van der Waals surface area contributed by atoms with Crippen LogP contribution in [0.15, 0.2) is 0 Å². The number of aliphatic hydroxyl groups excluding tert-OH is 1. The van der Waals surface area contributed by atoms with E-state index in [1.54, 1.807) is 4.90 Å². The van der Waals surface area contributed by atoms with Gasteiger partial charge in [0.2, 0.25) is 0 Å². The molecule has 64 valence electrons. The van der Waals surface area contributed by atoms with Crippen molar-refractivity contribution in [3.63, 3.8) is 0 Å². The van der Waals surface area contributed by atoms with Gasteiger partial charge in [0.25, 0.3) is 0 Å². The van der Waals surface area contributed by atoms with Crippen LogP contribution in [0.5, 0.6) is 0 Å². The topological polar surface area (TPSA) is 52.6 Å². The summed E-state index contributed by atoms with van der Waals surface area (Å²) < 4.78 is 0. The van der Waals surface area contributed by atoms with Crippen LogP contribution in [0.1, 0.15) is 13.3 Å². The Morgan fingerprint density at radius 3 is 3.09 bits per heavy atom. The van der Waals surface area contributed by atoms with Crippen LogP contribution in [0, 0.1) is 0 Å². The molecular formula is C7H14N2O2. The Bertz CT molecular complexity index is 149. The SMILES string of the molecule is CCC1CNC(=O)N1CCO. The smallest absolute Gasteiger partial charge is 0.317 e. The van der Waals surface area contributed by atoms with Crippen LogP contribution in [-0.2, 0) is 0 Å². The lowest BCUT2D eigenvalue weighted by molar-refractivity contribution is 0.177. The number of nitrogens with zero attached hydrogens (tertiary/aromatic N) is 1. The number of urea groups is 1. The van der Waals surface area contributed by atoms with E-state index in [1.165, 1.54) is 0 Å². The fourth-order valence-corrected chi connectivity index (χ4v) is 1.34. The van der Waals surface area contributed by atoms with E-state index in [0.29, 0.717) is 6.54 Å². The first kappa shape index (κ1) is 8.33. The van der Waals surface area contributed by atoms with Crippen molar-refractivity contribution in [2.75, 3.05) is 19.7 Å². The normalized spacial score (nSPS) is 24.0. The molecule has 0 radical (unpaired) electrons. The van der Waals surface area contributed by atoms with Crippen LogP contribution >= 0.6 is 0 Å². The van der Waals surface area contributed by atoms with Crippen LogP contribution in [0.4, 0.5) is 4.79 Å². The molecule has 1 atom stereocenters. The van der Waals surface area contributed by atoms with Gasteiger partial charge in [0.1, 0.15) is 0 Å². The van der Waals surface area contributed by atoms with Gasteiger partial charge in [0.05, 0.1) is 12.6 Å². The van der Waals surface area contributed by atoms with Crippen molar-refractivity contribution in [3.05, 3.63) is 0 Å². The van der Waals surface area contributed by atoms with Gasteiger partial charge in [-0.25, -0.2) is 4.79 Å². The van der Waals surface area contributed by atoms with Crippen LogP contribution < -0.4 is 5.32 Å². The quantitative estimate of drug-likeness (QED) is 0.596. The molecule has 0 aromatic carbocycles. The Labute approximate surface area is 66.2 Å². The second-order valence-electron chi connectivity index (χ2n) is 2.67. The number of β-amino-alcohol motifs (C(OH)–C–C–N with tert-alkyl or cyclic N) is 1. The summed E-state index contributed by atoms with van der Waals surface area (Å²) in [6.45, 7) is 3.25. The first-order valence-corrected chi connectivity index (χ1v) is 3.95. The molecule has 1 fully saturated rings. The zero-order valence-electron chi connectivity index (χ0n) is 6.71. The second kappa shape index (κ2) is 3.57. The fraction of sp³-hybridized carbons (Fsp3) is 0.857. The highest BCUT2D eigenvalue weighted by molar-refractivity contribution is 5.76. The Kier molecular flexibility index (Phi) is 2.70. The van der Waals surface area contributed by atoms with Gasteiger partial charge in [0.15, 0.2) is 0 Å². The summed E-state index contributed by atoms with van der Waals surface area (Å²) in [5, 5.41) is 11.4. The second-order valence-corrected chi connectivity index (χ2v) is 2.67. The van der Waals surface area contributed by atoms with Crippen molar-refractivity contribution in [3.8, 4) is 0 Å². The fourth-order valence-electron chi connectivity index (χ4n) is 1.34. The van der Waals surface area contributed by atoms with E-state index >= 15 is 0 Å². The van der Waals surface area contributed by atoms with Gasteiger partial charge in [-0.3, -0.25) is 0 Å². The zero-order valence-corrected chi connectivity index (χ0v) is 6.71. The average molecular weight is 158 g/mol. The zero-order chi connectivity index (χ0) is 8.27. The van der Waals surface area contributed by atoms with Crippen LogP contribution in [-0.4, -0.2) is 41.8 Å². The minimum atomic E-state index is -0.0501. The summed E-state index contributed by atoms with van der Waals surface area (Å²) in [4.78, 5) is 12.7. The largest absolute Gasteiger partial charge is 0.395 e. The molecule has 0 saturated carbocycles. The molecule has 1 rings (SSSR count). The number of nitrogens with one attached hydrogen (secondary N) is 1. The number of amides is 2. The highest BCUT2D eigenvalue weighted by Crippen LogP contribution is 2.08. The lowest BCUT2D eigenvalue weighted by Crippen LogP contribution is -2.36. The molecular weight excluding hydrogens is 144 g/mol. The van der Waals surface area contributed by atoms with E-state index in [0.717, 1.165) is 13.0 Å². The molecule has 1 saturated heterocycles. The third kappa shape index (κ3) is 1.63. The lowest BCUT2D eigenvalue weighted by atomic mass is 10.2. The molecule has 4 nitrogen and oxygen atoms in total. The standard InChI is InChI=1S/C7H14N2O2/c1-2-6-5-8-7(11)9(6)3-4-10/h6,10H,2-5H2,1H3,(H,8,11). The molecule has 11 heavy (non-hydrogen) atoms. The third-order valence-corrected chi connectivity index (χ3v) is 2.00. The molecule has 0 aromatic heterocycles. The minimum absolute atomic E-state index is 0.0456. The maximum absolute atomic E-state index is 11.0. The predicted octanol–water partition coefficient (Wildman–Crippen LogP) is -0.217. The molecule has 0 bridgehead atoms. The summed E-state index contributed by atoms with van der Waals surface area (Å²) in [7, 11) is 0. The van der Waals surface area contributed by atoms with Gasteiger partial charge >= 0.3 is 6.03 Å². The van der Waals surface area contributed by atoms with E-state index in [1.807, 2.05) is 6.92 Å². The number of hydrogen-bond donors (Lipinski definition) is 2. The molecule has 4 heteroatoms. The number of carbonyl (C=O) groups excluding carboxylic acids is 1. The molecule has 1 aliphatic heterocycles. The Morgan fingerprint density at radius 2 is 2.55 bits per heavy atom. The van der Waals surface area contributed by atoms with Crippen molar-refractivity contribution in [2.45, 2.75) is 19.4 Å². The van der Waals surface area contributed by atoms with E-state index in [2.05, 4.69) is 5.32 Å². The van der Waals surface area contributed by atoms with Gasteiger partial charge < -0.3 is 15.3 Å². The van der Waals surface area contributed by atoms with Crippen LogP contribution in [0.2, 0.25) is 0 Å². The van der Waals surface area contributed by atoms with Gasteiger partial charge in [-0.1, -0.05) is 6.92 Å². The summed E-state index contributed by atoms with van der Waals surface area (Å²) in [5.41, 5.74) is 0. The van der Waals surface area contributed by atoms with E-state index in [4.69, 9.17) is 5.11 Å². The summed E-state index contributed by atoms with van der Waals surface area (Å²) in [5.74, 6) is 0. The van der Waals surface area contributed by atoms with E-state index in [-0.39, 0.29) is 18.7 Å².